The van der Waals surface area contributed by atoms with Crippen LogP contribution in [0.2, 0.25) is 0 Å². The van der Waals surface area contributed by atoms with Crippen LogP contribution < -0.4 is 4.74 Å². The molecule has 0 bridgehead atoms. The van der Waals surface area contributed by atoms with Crippen LogP contribution in [0.5, 0.6) is 5.75 Å². The molecule has 2 aromatic carbocycles. The molecule has 0 aliphatic carbocycles. The Morgan fingerprint density at radius 3 is 2.33 bits per heavy atom. The normalized spacial score (nSPS) is 10.5. The van der Waals surface area contributed by atoms with E-state index in [9.17, 15) is 4.79 Å². The fourth-order valence-electron chi connectivity index (χ4n) is 2.35. The Labute approximate surface area is 132 Å². The van der Waals surface area contributed by atoms with E-state index in [1.807, 2.05) is 0 Å². The highest BCUT2D eigenvalue weighted by atomic mass is 79.9. The highest BCUT2D eigenvalue weighted by Crippen LogP contribution is 2.24. The van der Waals surface area contributed by atoms with Gasteiger partial charge in [0.05, 0.1) is 5.56 Å². The van der Waals surface area contributed by atoms with Crippen LogP contribution in [0.4, 0.5) is 0 Å². The van der Waals surface area contributed by atoms with E-state index >= 15 is 0 Å². The highest BCUT2D eigenvalue weighted by molar-refractivity contribution is 9.10. The fraction of sp³-hybridized carbons (Fsp3) is 0.235. The Kier molecular flexibility index (Phi) is 4.68. The number of halogens is 1. The van der Waals surface area contributed by atoms with Gasteiger partial charge in [0.15, 0.2) is 0 Å². The summed E-state index contributed by atoms with van der Waals surface area (Å²) in [5.74, 6) is -0.426. The topological polar surface area (TPSA) is 46.5 Å². The second-order valence-electron chi connectivity index (χ2n) is 5.11. The third kappa shape index (κ3) is 3.64. The van der Waals surface area contributed by atoms with E-state index in [1.54, 1.807) is 12.1 Å². The second-order valence-corrected chi connectivity index (χ2v) is 5.97. The number of ether oxygens (including phenoxy) is 1. The van der Waals surface area contributed by atoms with Crippen molar-refractivity contribution in [2.24, 2.45) is 0 Å². The Hall–Kier alpha value is -1.81. The summed E-state index contributed by atoms with van der Waals surface area (Å²) in [4.78, 5) is 11.1. The lowest BCUT2D eigenvalue weighted by Crippen LogP contribution is -2.03. The van der Waals surface area contributed by atoms with Gasteiger partial charge in [-0.3, -0.25) is 0 Å². The maximum Gasteiger partial charge on any atom is 0.336 e. The molecule has 0 spiro atoms. The first kappa shape index (κ1) is 15.6. The first-order chi connectivity index (χ1) is 9.88. The van der Waals surface area contributed by atoms with Gasteiger partial charge in [-0.25, -0.2) is 4.79 Å². The van der Waals surface area contributed by atoms with Crippen LogP contribution >= 0.6 is 15.9 Å². The zero-order chi connectivity index (χ0) is 15.6. The number of carbonyl (C=O) groups is 1. The van der Waals surface area contributed by atoms with Crippen LogP contribution in [0.15, 0.2) is 34.8 Å². The number of carboxylic acid groups (broad SMARTS) is 1. The number of aryl methyl sites for hydroxylation is 3. The van der Waals surface area contributed by atoms with Gasteiger partial charge in [-0.05, 0) is 71.6 Å². The van der Waals surface area contributed by atoms with Crippen LogP contribution in [-0.4, -0.2) is 11.1 Å². The van der Waals surface area contributed by atoms with Gasteiger partial charge < -0.3 is 9.84 Å². The quantitative estimate of drug-likeness (QED) is 0.874. The first-order valence-electron chi connectivity index (χ1n) is 6.61. The molecule has 0 heterocycles. The molecule has 110 valence electrons. The van der Waals surface area contributed by atoms with Gasteiger partial charge in [-0.2, -0.15) is 0 Å². The van der Waals surface area contributed by atoms with Crippen molar-refractivity contribution in [1.29, 1.82) is 0 Å². The lowest BCUT2D eigenvalue weighted by Gasteiger charge is -2.13. The van der Waals surface area contributed by atoms with Crippen LogP contribution in [0, 0.1) is 20.8 Å². The maximum atomic E-state index is 11.1. The largest absolute Gasteiger partial charge is 0.489 e. The molecule has 0 radical (unpaired) electrons. The Morgan fingerprint density at radius 2 is 1.76 bits per heavy atom. The summed E-state index contributed by atoms with van der Waals surface area (Å²) in [6.07, 6.45) is 0. The van der Waals surface area contributed by atoms with Crippen molar-refractivity contribution in [3.8, 4) is 5.75 Å². The summed E-state index contributed by atoms with van der Waals surface area (Å²) in [5.41, 5.74) is 4.93. The minimum Gasteiger partial charge on any atom is -0.489 e. The van der Waals surface area contributed by atoms with E-state index < -0.39 is 5.97 Å². The molecule has 21 heavy (non-hydrogen) atoms. The average Bonchev–Trinajstić information content (AvgIpc) is 2.38. The third-order valence-corrected chi connectivity index (χ3v) is 4.08. The molecule has 0 saturated carbocycles. The molecule has 4 heteroatoms. The van der Waals surface area contributed by atoms with Gasteiger partial charge >= 0.3 is 5.97 Å². The molecule has 0 aliphatic rings. The Morgan fingerprint density at radius 1 is 1.14 bits per heavy atom. The van der Waals surface area contributed by atoms with Crippen LogP contribution in [0.3, 0.4) is 0 Å². The van der Waals surface area contributed by atoms with E-state index in [2.05, 4.69) is 48.8 Å². The number of carboxylic acids is 1. The van der Waals surface area contributed by atoms with Gasteiger partial charge in [0.1, 0.15) is 12.4 Å². The molecule has 0 amide bonds. The van der Waals surface area contributed by atoms with Crippen molar-refractivity contribution >= 4 is 21.9 Å². The lowest BCUT2D eigenvalue weighted by atomic mass is 10.0. The monoisotopic (exact) mass is 348 g/mol. The van der Waals surface area contributed by atoms with Crippen molar-refractivity contribution in [1.82, 2.24) is 0 Å². The summed E-state index contributed by atoms with van der Waals surface area (Å²) < 4.78 is 6.30. The van der Waals surface area contributed by atoms with Gasteiger partial charge in [-0.1, -0.05) is 17.7 Å². The lowest BCUT2D eigenvalue weighted by molar-refractivity contribution is 0.0695. The van der Waals surface area contributed by atoms with Crippen molar-refractivity contribution in [2.45, 2.75) is 27.4 Å². The van der Waals surface area contributed by atoms with Crippen LogP contribution in [0.25, 0.3) is 0 Å². The van der Waals surface area contributed by atoms with E-state index in [-0.39, 0.29) is 5.56 Å². The van der Waals surface area contributed by atoms with Crippen molar-refractivity contribution in [3.63, 3.8) is 0 Å². The van der Waals surface area contributed by atoms with Crippen LogP contribution in [0.1, 0.15) is 32.6 Å². The molecule has 0 fully saturated rings. The fourth-order valence-corrected chi connectivity index (χ4v) is 2.77. The van der Waals surface area contributed by atoms with Crippen molar-refractivity contribution in [2.75, 3.05) is 0 Å². The molecule has 3 nitrogen and oxygen atoms in total. The van der Waals surface area contributed by atoms with Gasteiger partial charge in [0.2, 0.25) is 0 Å². The Balaban J connectivity index is 2.21. The molecule has 0 aromatic heterocycles. The number of benzene rings is 2. The standard InChI is InChI=1S/C17H17BrO3/c1-10-6-11(2)15(12(3)7-10)9-21-13-4-5-16(18)14(8-13)17(19)20/h4-8H,9H2,1-3H3,(H,19,20). The number of hydrogen-bond donors (Lipinski definition) is 1. The van der Waals surface area contributed by atoms with E-state index in [0.29, 0.717) is 16.8 Å². The van der Waals surface area contributed by atoms with Crippen molar-refractivity contribution < 1.29 is 14.6 Å². The number of hydrogen-bond acceptors (Lipinski definition) is 2. The first-order valence-corrected chi connectivity index (χ1v) is 7.40. The molecule has 2 rings (SSSR count). The summed E-state index contributed by atoms with van der Waals surface area (Å²) >= 11 is 3.22. The van der Waals surface area contributed by atoms with Crippen LogP contribution in [-0.2, 0) is 6.61 Å². The summed E-state index contributed by atoms with van der Waals surface area (Å²) in [6, 6.07) is 9.22. The van der Waals surface area contributed by atoms with E-state index in [0.717, 1.165) is 5.56 Å². The molecular formula is C17H17BrO3. The molecular weight excluding hydrogens is 332 g/mol. The number of aromatic carboxylic acids is 1. The SMILES string of the molecule is Cc1cc(C)c(COc2ccc(Br)c(C(=O)O)c2)c(C)c1. The molecule has 2 aromatic rings. The van der Waals surface area contributed by atoms with Gasteiger partial charge in [0, 0.05) is 4.47 Å². The average molecular weight is 349 g/mol. The summed E-state index contributed by atoms with van der Waals surface area (Å²) in [6.45, 7) is 6.61. The molecule has 0 saturated heterocycles. The molecule has 0 unspecified atom stereocenters. The van der Waals surface area contributed by atoms with E-state index in [4.69, 9.17) is 9.84 Å². The predicted molar refractivity (Wildman–Crippen MR) is 86.1 cm³/mol. The molecule has 1 N–H and O–H groups in total. The number of rotatable bonds is 4. The van der Waals surface area contributed by atoms with Crippen molar-refractivity contribution in [3.05, 3.63) is 62.6 Å². The second kappa shape index (κ2) is 6.31. The minimum atomic E-state index is -0.977. The molecule has 0 atom stereocenters. The van der Waals surface area contributed by atoms with Gasteiger partial charge in [-0.15, -0.1) is 0 Å². The van der Waals surface area contributed by atoms with Gasteiger partial charge in [0.25, 0.3) is 0 Å². The smallest absolute Gasteiger partial charge is 0.336 e. The predicted octanol–water partition coefficient (Wildman–Crippen LogP) is 4.65. The van der Waals surface area contributed by atoms with E-state index in [1.165, 1.54) is 22.8 Å². The third-order valence-electron chi connectivity index (χ3n) is 3.39. The zero-order valence-electron chi connectivity index (χ0n) is 12.2. The zero-order valence-corrected chi connectivity index (χ0v) is 13.8. The minimum absolute atomic E-state index is 0.199. The molecule has 0 aliphatic heterocycles. The summed E-state index contributed by atoms with van der Waals surface area (Å²) in [7, 11) is 0. The Bertz CT molecular complexity index is 669. The highest BCUT2D eigenvalue weighted by Gasteiger charge is 2.10. The summed E-state index contributed by atoms with van der Waals surface area (Å²) in [5, 5.41) is 9.11. The maximum absolute atomic E-state index is 11.1.